The molecular weight excluding hydrogens is 749 g/mol. The summed E-state index contributed by atoms with van der Waals surface area (Å²) in [6.45, 7) is 2.64. The van der Waals surface area contributed by atoms with Crippen molar-refractivity contribution in [2.45, 2.75) is 193 Å². The van der Waals surface area contributed by atoms with Gasteiger partial charge in [0.2, 0.25) is 0 Å². The zero-order valence-corrected chi connectivity index (χ0v) is 36.2. The maximum absolute atomic E-state index is 12.6. The van der Waals surface area contributed by atoms with E-state index in [1.165, 1.54) is 89.9 Å². The summed E-state index contributed by atoms with van der Waals surface area (Å²) in [7, 11) is -4.74. The summed E-state index contributed by atoms with van der Waals surface area (Å²) in [6.07, 6.45) is 39.2. The van der Waals surface area contributed by atoms with Crippen molar-refractivity contribution in [3.63, 3.8) is 0 Å². The van der Waals surface area contributed by atoms with Crippen molar-refractivity contribution in [2.75, 3.05) is 19.8 Å². The zero-order valence-electron chi connectivity index (χ0n) is 35.3. The molecule has 0 bridgehead atoms. The van der Waals surface area contributed by atoms with Crippen LogP contribution in [0, 0.1) is 0 Å². The average molecular weight is 828 g/mol. The van der Waals surface area contributed by atoms with Crippen LogP contribution in [-0.2, 0) is 37.5 Å². The third-order valence-electron chi connectivity index (χ3n) is 9.16. The Kier molecular flexibility index (Phi) is 37.1. The third kappa shape index (κ3) is 38.7. The fourth-order valence-corrected chi connectivity index (χ4v) is 6.44. The summed E-state index contributed by atoms with van der Waals surface area (Å²) in [6, 6.07) is -1.54. The normalized spacial score (nSPS) is 14.8. The van der Waals surface area contributed by atoms with Crippen LogP contribution in [0.25, 0.3) is 0 Å². The lowest BCUT2D eigenvalue weighted by Gasteiger charge is -2.20. The van der Waals surface area contributed by atoms with Crippen LogP contribution in [-0.4, -0.2) is 71.1 Å². The van der Waals surface area contributed by atoms with Gasteiger partial charge in [-0.05, 0) is 44.9 Å². The van der Waals surface area contributed by atoms with Gasteiger partial charge in [0, 0.05) is 12.8 Å². The molecule has 0 amide bonds. The minimum absolute atomic E-state index is 0.112. The van der Waals surface area contributed by atoms with Gasteiger partial charge < -0.3 is 30.3 Å². The molecule has 13 heteroatoms. The molecule has 0 aromatic carbocycles. The van der Waals surface area contributed by atoms with Crippen molar-refractivity contribution < 1.29 is 52.6 Å². The molecule has 0 aliphatic heterocycles. The quantitative estimate of drug-likeness (QED) is 0.0150. The predicted octanol–water partition coefficient (Wildman–Crippen LogP) is 10.4. The Morgan fingerprint density at radius 3 is 1.77 bits per heavy atom. The summed E-state index contributed by atoms with van der Waals surface area (Å²) in [5, 5.41) is 18.9. The number of carbonyl (C=O) groups excluding carboxylic acids is 2. The van der Waals surface area contributed by atoms with Gasteiger partial charge in [-0.2, -0.15) is 0 Å². The number of carbonyl (C=O) groups is 3. The van der Waals surface area contributed by atoms with Crippen LogP contribution >= 0.6 is 7.82 Å². The number of aliphatic carboxylic acids is 1. The first kappa shape index (κ1) is 54.4. The minimum Gasteiger partial charge on any atom is -0.480 e. The first-order valence-corrected chi connectivity index (χ1v) is 23.3. The van der Waals surface area contributed by atoms with Crippen molar-refractivity contribution in [1.82, 2.24) is 0 Å². The summed E-state index contributed by atoms with van der Waals surface area (Å²) in [5.74, 6) is -2.50. The number of unbranched alkanes of at least 4 members (excludes halogenated alkanes) is 18. The van der Waals surface area contributed by atoms with Crippen molar-refractivity contribution in [2.24, 2.45) is 5.73 Å². The molecule has 0 heterocycles. The first-order valence-electron chi connectivity index (χ1n) is 21.8. The molecule has 0 fully saturated rings. The number of ether oxygens (including phenoxy) is 2. The molecule has 12 nitrogen and oxygen atoms in total. The number of nitrogens with two attached hydrogens (primary N) is 1. The van der Waals surface area contributed by atoms with Gasteiger partial charge in [0.1, 0.15) is 12.6 Å². The van der Waals surface area contributed by atoms with E-state index in [-0.39, 0.29) is 12.8 Å². The van der Waals surface area contributed by atoms with Gasteiger partial charge in [0.05, 0.1) is 19.3 Å². The van der Waals surface area contributed by atoms with E-state index < -0.39 is 63.8 Å². The zero-order chi connectivity index (χ0) is 42.2. The Bertz CT molecular complexity index is 1170. The molecule has 0 rings (SSSR count). The number of rotatable bonds is 40. The van der Waals surface area contributed by atoms with Crippen molar-refractivity contribution >= 4 is 25.7 Å². The highest BCUT2D eigenvalue weighted by molar-refractivity contribution is 7.47. The van der Waals surface area contributed by atoms with Gasteiger partial charge in [-0.15, -0.1) is 0 Å². The number of phosphoric acid groups is 1. The molecule has 57 heavy (non-hydrogen) atoms. The van der Waals surface area contributed by atoms with E-state index in [0.717, 1.165) is 25.7 Å². The second-order valence-corrected chi connectivity index (χ2v) is 16.1. The monoisotopic (exact) mass is 828 g/mol. The second-order valence-electron chi connectivity index (χ2n) is 14.7. The lowest BCUT2D eigenvalue weighted by Crippen LogP contribution is -2.34. The Morgan fingerprint density at radius 2 is 1.16 bits per heavy atom. The predicted molar refractivity (Wildman–Crippen MR) is 228 cm³/mol. The fraction of sp³-hybridized carbons (Fsp3) is 0.750. The highest BCUT2D eigenvalue weighted by Gasteiger charge is 2.28. The SMILES string of the molecule is CCCCC/C=C\C=C/[C@@H](O)C/C=C\C/C=C/CCCC(=O)OC[C@H](COP(=O)(O)OC[C@H](N)C(=O)O)OC(=O)CCCCCCCCCCCCCCCCC. The molecule has 4 atom stereocenters. The topological polar surface area (TPSA) is 192 Å². The Hall–Kier alpha value is -2.60. The molecule has 0 aliphatic carbocycles. The van der Waals surface area contributed by atoms with E-state index in [4.69, 9.17) is 24.8 Å². The number of hydrogen-bond acceptors (Lipinski definition) is 10. The van der Waals surface area contributed by atoms with E-state index in [1.807, 2.05) is 36.5 Å². The number of allylic oxidation sites excluding steroid dienone is 6. The van der Waals surface area contributed by atoms with Crippen LogP contribution in [0.3, 0.4) is 0 Å². The summed E-state index contributed by atoms with van der Waals surface area (Å²) < 4.78 is 32.6. The highest BCUT2D eigenvalue weighted by Crippen LogP contribution is 2.43. The molecule has 0 aromatic rings. The van der Waals surface area contributed by atoms with Crippen LogP contribution in [0.1, 0.15) is 174 Å². The number of esters is 2. The third-order valence-corrected chi connectivity index (χ3v) is 10.1. The average Bonchev–Trinajstić information content (AvgIpc) is 3.18. The maximum atomic E-state index is 12.6. The largest absolute Gasteiger partial charge is 0.480 e. The lowest BCUT2D eigenvalue weighted by molar-refractivity contribution is -0.161. The van der Waals surface area contributed by atoms with E-state index >= 15 is 0 Å². The van der Waals surface area contributed by atoms with Gasteiger partial charge in [0.15, 0.2) is 6.10 Å². The molecule has 0 saturated carbocycles. The number of carboxylic acid groups (broad SMARTS) is 1. The van der Waals surface area contributed by atoms with Crippen molar-refractivity contribution in [1.29, 1.82) is 0 Å². The van der Waals surface area contributed by atoms with Gasteiger partial charge in [-0.25, -0.2) is 4.57 Å². The van der Waals surface area contributed by atoms with Crippen molar-refractivity contribution in [3.05, 3.63) is 48.6 Å². The molecule has 0 aliphatic rings. The number of hydrogen-bond donors (Lipinski definition) is 4. The summed E-state index contributed by atoms with van der Waals surface area (Å²) >= 11 is 0. The van der Waals surface area contributed by atoms with E-state index in [2.05, 4.69) is 24.4 Å². The number of phosphoric ester groups is 1. The lowest BCUT2D eigenvalue weighted by atomic mass is 10.0. The van der Waals surface area contributed by atoms with Crippen molar-refractivity contribution in [3.8, 4) is 0 Å². The van der Waals surface area contributed by atoms with Crippen LogP contribution in [0.15, 0.2) is 48.6 Å². The first-order chi connectivity index (χ1) is 27.5. The Labute approximate surface area is 344 Å². The molecule has 0 aromatic heterocycles. The maximum Gasteiger partial charge on any atom is 0.472 e. The molecular formula is C44H78NO11P. The molecule has 0 spiro atoms. The van der Waals surface area contributed by atoms with Gasteiger partial charge in [-0.1, -0.05) is 165 Å². The molecule has 330 valence electrons. The molecule has 0 radical (unpaired) electrons. The number of carboxylic acids is 1. The van der Waals surface area contributed by atoms with E-state index in [0.29, 0.717) is 32.1 Å². The van der Waals surface area contributed by atoms with Gasteiger partial charge in [-0.3, -0.25) is 23.4 Å². The Morgan fingerprint density at radius 1 is 0.632 bits per heavy atom. The highest BCUT2D eigenvalue weighted by atomic mass is 31.2. The summed E-state index contributed by atoms with van der Waals surface area (Å²) in [4.78, 5) is 45.9. The molecule has 0 saturated heterocycles. The molecule has 1 unspecified atom stereocenters. The van der Waals surface area contributed by atoms with Crippen LogP contribution in [0.5, 0.6) is 0 Å². The van der Waals surface area contributed by atoms with Crippen LogP contribution < -0.4 is 5.73 Å². The molecule has 5 N–H and O–H groups in total. The van der Waals surface area contributed by atoms with Gasteiger partial charge >= 0.3 is 25.7 Å². The smallest absolute Gasteiger partial charge is 0.472 e. The van der Waals surface area contributed by atoms with Gasteiger partial charge in [0.25, 0.3) is 0 Å². The Balaban J connectivity index is 4.51. The minimum atomic E-state index is -4.74. The van der Waals surface area contributed by atoms with E-state index in [1.54, 1.807) is 6.08 Å². The second kappa shape index (κ2) is 38.9. The van der Waals surface area contributed by atoms with Crippen LogP contribution in [0.2, 0.25) is 0 Å². The summed E-state index contributed by atoms with van der Waals surface area (Å²) in [5.41, 5.74) is 5.32. The van der Waals surface area contributed by atoms with E-state index in [9.17, 15) is 28.9 Å². The fourth-order valence-electron chi connectivity index (χ4n) is 5.67. The number of aliphatic hydroxyl groups excluding tert-OH is 1. The number of aliphatic hydroxyl groups is 1. The standard InChI is InChI=1S/C44H78NO11P/c1-3-5-7-9-11-12-13-14-15-16-17-18-22-27-31-35-43(48)56-40(37-54-57(51,52)55-38-41(45)44(49)50)36-53-42(47)34-30-26-23-19-21-25-29-33-39(46)32-28-24-20-10-8-6-4-2/h19-20,23-25,28-29,32,39-41,46H,3-18,21-22,26-27,30-31,33-38,45H2,1-2H3,(H,49,50)(H,51,52)/b23-19+,24-20-,29-25-,32-28-/t39-,40-,41+/m1/s1. The van der Waals surface area contributed by atoms with Crippen LogP contribution in [0.4, 0.5) is 0 Å².